The van der Waals surface area contributed by atoms with Gasteiger partial charge >= 0.3 is 5.97 Å². The number of aliphatic carboxylic acids is 1. The molecule has 0 atom stereocenters. The zero-order valence-corrected chi connectivity index (χ0v) is 12.6. The van der Waals surface area contributed by atoms with Crippen molar-refractivity contribution in [2.24, 2.45) is 0 Å². The predicted molar refractivity (Wildman–Crippen MR) is 86.8 cm³/mol. The SMILES string of the molecule is CC/C=C/C/C=C/C/C=C/CC/C=C/CCCC(=O)O. The fraction of sp³-hybridized carbons (Fsp3) is 0.500. The monoisotopic (exact) mass is 276 g/mol. The quantitative estimate of drug-likeness (QED) is 0.381. The summed E-state index contributed by atoms with van der Waals surface area (Å²) in [5, 5.41) is 8.47. The lowest BCUT2D eigenvalue weighted by Gasteiger charge is -1.91. The molecule has 0 saturated carbocycles. The van der Waals surface area contributed by atoms with Crippen molar-refractivity contribution in [3.63, 3.8) is 0 Å². The first-order chi connectivity index (χ1) is 9.77. The van der Waals surface area contributed by atoms with Gasteiger partial charge in [0.15, 0.2) is 0 Å². The van der Waals surface area contributed by atoms with Gasteiger partial charge in [-0.25, -0.2) is 0 Å². The maximum atomic E-state index is 10.3. The Morgan fingerprint density at radius 3 is 1.90 bits per heavy atom. The number of unbranched alkanes of at least 4 members (excludes halogenated alkanes) is 2. The van der Waals surface area contributed by atoms with Crippen LogP contribution in [0.4, 0.5) is 0 Å². The van der Waals surface area contributed by atoms with Gasteiger partial charge in [-0.2, -0.15) is 0 Å². The summed E-state index contributed by atoms with van der Waals surface area (Å²) in [6.07, 6.45) is 24.5. The Hall–Kier alpha value is -1.57. The van der Waals surface area contributed by atoms with Crippen molar-refractivity contribution in [2.75, 3.05) is 0 Å². The average molecular weight is 276 g/mol. The molecule has 2 nitrogen and oxygen atoms in total. The van der Waals surface area contributed by atoms with E-state index in [4.69, 9.17) is 5.11 Å². The molecule has 0 unspecified atom stereocenters. The number of carbonyl (C=O) groups is 1. The summed E-state index contributed by atoms with van der Waals surface area (Å²) in [5.41, 5.74) is 0. The normalized spacial score (nSPS) is 12.4. The Morgan fingerprint density at radius 2 is 1.30 bits per heavy atom. The number of rotatable bonds is 12. The molecule has 0 heterocycles. The summed E-state index contributed by atoms with van der Waals surface area (Å²) in [5.74, 6) is -0.709. The standard InChI is InChI=1S/C18H28O2/c1-2-3-4-5-6-7-8-9-10-11-12-13-14-15-16-17-18(19)20/h3-4,6-7,9-10,13-14H,2,5,8,11-12,15-17H2,1H3,(H,19,20)/b4-3+,7-6+,10-9+,14-13+. The third-order valence-corrected chi connectivity index (χ3v) is 2.71. The van der Waals surface area contributed by atoms with E-state index in [1.54, 1.807) is 0 Å². The number of hydrogen-bond acceptors (Lipinski definition) is 1. The fourth-order valence-electron chi connectivity index (χ4n) is 1.63. The van der Waals surface area contributed by atoms with Crippen LogP contribution in [0.1, 0.15) is 58.3 Å². The van der Waals surface area contributed by atoms with Gasteiger partial charge in [-0.05, 0) is 44.9 Å². The molecule has 0 rings (SSSR count). The third-order valence-electron chi connectivity index (χ3n) is 2.71. The summed E-state index contributed by atoms with van der Waals surface area (Å²) in [6.45, 7) is 2.14. The second kappa shape index (κ2) is 15.5. The summed E-state index contributed by atoms with van der Waals surface area (Å²) in [6, 6.07) is 0. The Kier molecular flexibility index (Phi) is 14.3. The van der Waals surface area contributed by atoms with E-state index in [2.05, 4.69) is 55.5 Å². The van der Waals surface area contributed by atoms with Crippen LogP contribution < -0.4 is 0 Å². The molecule has 0 amide bonds. The highest BCUT2D eigenvalue weighted by Crippen LogP contribution is 2.00. The molecule has 0 spiro atoms. The molecule has 112 valence electrons. The summed E-state index contributed by atoms with van der Waals surface area (Å²) >= 11 is 0. The molecule has 1 N–H and O–H groups in total. The van der Waals surface area contributed by atoms with Gasteiger partial charge in [-0.1, -0.05) is 55.5 Å². The van der Waals surface area contributed by atoms with Gasteiger partial charge in [0.05, 0.1) is 0 Å². The number of hydrogen-bond donors (Lipinski definition) is 1. The molecule has 20 heavy (non-hydrogen) atoms. The third kappa shape index (κ3) is 16.4. The molecule has 0 aliphatic rings. The molecule has 0 aromatic rings. The molecule has 0 saturated heterocycles. The highest BCUT2D eigenvalue weighted by molar-refractivity contribution is 5.66. The summed E-state index contributed by atoms with van der Waals surface area (Å²) in [7, 11) is 0. The second-order valence-electron chi connectivity index (χ2n) is 4.63. The molecule has 0 radical (unpaired) electrons. The van der Waals surface area contributed by atoms with E-state index < -0.39 is 5.97 Å². The first-order valence-corrected chi connectivity index (χ1v) is 7.59. The summed E-state index contributed by atoms with van der Waals surface area (Å²) < 4.78 is 0. The Balaban J connectivity index is 3.37. The van der Waals surface area contributed by atoms with Crippen LogP contribution in [0.2, 0.25) is 0 Å². The van der Waals surface area contributed by atoms with E-state index in [0.717, 1.165) is 44.9 Å². The summed E-state index contributed by atoms with van der Waals surface area (Å²) in [4.78, 5) is 10.3. The van der Waals surface area contributed by atoms with Gasteiger partial charge in [0.2, 0.25) is 0 Å². The maximum Gasteiger partial charge on any atom is 0.303 e. The van der Waals surface area contributed by atoms with Crippen LogP contribution in [0.25, 0.3) is 0 Å². The Morgan fingerprint density at radius 1 is 0.800 bits per heavy atom. The van der Waals surface area contributed by atoms with Gasteiger partial charge in [-0.15, -0.1) is 0 Å². The van der Waals surface area contributed by atoms with Crippen LogP contribution in [0.5, 0.6) is 0 Å². The van der Waals surface area contributed by atoms with Gasteiger partial charge in [0.1, 0.15) is 0 Å². The molecular weight excluding hydrogens is 248 g/mol. The highest BCUT2D eigenvalue weighted by atomic mass is 16.4. The van der Waals surface area contributed by atoms with Crippen LogP contribution in [0.3, 0.4) is 0 Å². The number of allylic oxidation sites excluding steroid dienone is 8. The van der Waals surface area contributed by atoms with E-state index in [0.29, 0.717) is 0 Å². The molecule has 0 aliphatic carbocycles. The van der Waals surface area contributed by atoms with E-state index in [1.807, 2.05) is 0 Å². The van der Waals surface area contributed by atoms with E-state index in [-0.39, 0.29) is 6.42 Å². The van der Waals surface area contributed by atoms with E-state index in [9.17, 15) is 4.79 Å². The van der Waals surface area contributed by atoms with Crippen LogP contribution in [0, 0.1) is 0 Å². The zero-order valence-electron chi connectivity index (χ0n) is 12.6. The molecule has 0 aromatic heterocycles. The topological polar surface area (TPSA) is 37.3 Å². The molecule has 0 bridgehead atoms. The largest absolute Gasteiger partial charge is 0.481 e. The molecule has 0 aromatic carbocycles. The first kappa shape index (κ1) is 18.4. The zero-order chi connectivity index (χ0) is 14.9. The van der Waals surface area contributed by atoms with Crippen molar-refractivity contribution in [3.8, 4) is 0 Å². The van der Waals surface area contributed by atoms with Crippen LogP contribution in [0.15, 0.2) is 48.6 Å². The van der Waals surface area contributed by atoms with Crippen molar-refractivity contribution in [1.82, 2.24) is 0 Å². The lowest BCUT2D eigenvalue weighted by Crippen LogP contribution is -1.92. The second-order valence-corrected chi connectivity index (χ2v) is 4.63. The first-order valence-electron chi connectivity index (χ1n) is 7.59. The van der Waals surface area contributed by atoms with Gasteiger partial charge in [-0.3, -0.25) is 4.79 Å². The van der Waals surface area contributed by atoms with E-state index >= 15 is 0 Å². The van der Waals surface area contributed by atoms with Crippen molar-refractivity contribution < 1.29 is 9.90 Å². The van der Waals surface area contributed by atoms with Crippen molar-refractivity contribution in [1.29, 1.82) is 0 Å². The lowest BCUT2D eigenvalue weighted by molar-refractivity contribution is -0.137. The Bertz CT molecular complexity index is 335. The van der Waals surface area contributed by atoms with Crippen molar-refractivity contribution in [3.05, 3.63) is 48.6 Å². The maximum absolute atomic E-state index is 10.3. The molecular formula is C18H28O2. The minimum absolute atomic E-state index is 0.268. The molecule has 0 fully saturated rings. The lowest BCUT2D eigenvalue weighted by atomic mass is 10.2. The minimum Gasteiger partial charge on any atom is -0.481 e. The van der Waals surface area contributed by atoms with E-state index in [1.165, 1.54) is 0 Å². The number of carboxylic acids is 1. The average Bonchev–Trinajstić information content (AvgIpc) is 2.43. The van der Waals surface area contributed by atoms with Crippen molar-refractivity contribution in [2.45, 2.75) is 58.3 Å². The molecule has 2 heteroatoms. The Labute approximate surface area is 123 Å². The predicted octanol–water partition coefficient (Wildman–Crippen LogP) is 5.44. The van der Waals surface area contributed by atoms with Gasteiger partial charge in [0, 0.05) is 6.42 Å². The minimum atomic E-state index is -0.709. The van der Waals surface area contributed by atoms with Crippen LogP contribution in [-0.4, -0.2) is 11.1 Å². The fourth-order valence-corrected chi connectivity index (χ4v) is 1.63. The van der Waals surface area contributed by atoms with Crippen LogP contribution in [-0.2, 0) is 4.79 Å². The smallest absolute Gasteiger partial charge is 0.303 e. The van der Waals surface area contributed by atoms with Crippen LogP contribution >= 0.6 is 0 Å². The number of carboxylic acid groups (broad SMARTS) is 1. The van der Waals surface area contributed by atoms with Gasteiger partial charge < -0.3 is 5.11 Å². The molecule has 0 aliphatic heterocycles. The highest BCUT2D eigenvalue weighted by Gasteiger charge is 1.92. The van der Waals surface area contributed by atoms with Gasteiger partial charge in [0.25, 0.3) is 0 Å². The van der Waals surface area contributed by atoms with Crippen molar-refractivity contribution >= 4 is 5.97 Å².